The van der Waals surface area contributed by atoms with E-state index in [0.717, 1.165) is 30.5 Å². The van der Waals surface area contributed by atoms with Crippen molar-refractivity contribution in [2.24, 2.45) is 0 Å². The maximum Gasteiger partial charge on any atom is 0.335 e. The van der Waals surface area contributed by atoms with E-state index in [1.807, 2.05) is 12.1 Å². The Morgan fingerprint density at radius 2 is 2.40 bits per heavy atom. The Morgan fingerprint density at radius 3 is 3.07 bits per heavy atom. The SMILES string of the molecule is CC[C@@H]1NCCc2c(C(=O)O)cccc21. The summed E-state index contributed by atoms with van der Waals surface area (Å²) in [5, 5.41) is 12.5. The van der Waals surface area contributed by atoms with Crippen LogP contribution in [0.2, 0.25) is 0 Å². The molecule has 0 unspecified atom stereocenters. The molecule has 1 aromatic carbocycles. The molecule has 0 saturated carbocycles. The first-order valence-corrected chi connectivity index (χ1v) is 5.32. The van der Waals surface area contributed by atoms with Gasteiger partial charge >= 0.3 is 5.97 Å². The smallest absolute Gasteiger partial charge is 0.335 e. The molecule has 2 rings (SSSR count). The average molecular weight is 205 g/mol. The predicted molar refractivity (Wildman–Crippen MR) is 58.1 cm³/mol. The second-order valence-corrected chi connectivity index (χ2v) is 3.84. The van der Waals surface area contributed by atoms with Crippen LogP contribution < -0.4 is 5.32 Å². The molecule has 2 N–H and O–H groups in total. The van der Waals surface area contributed by atoms with E-state index in [1.165, 1.54) is 0 Å². The van der Waals surface area contributed by atoms with Crippen LogP contribution in [-0.2, 0) is 6.42 Å². The average Bonchev–Trinajstić information content (AvgIpc) is 2.27. The van der Waals surface area contributed by atoms with Crippen molar-refractivity contribution in [1.82, 2.24) is 5.32 Å². The Hall–Kier alpha value is -1.35. The minimum absolute atomic E-state index is 0.313. The van der Waals surface area contributed by atoms with Crippen molar-refractivity contribution in [2.45, 2.75) is 25.8 Å². The highest BCUT2D eigenvalue weighted by Crippen LogP contribution is 2.27. The number of carboxylic acid groups (broad SMARTS) is 1. The first-order valence-electron chi connectivity index (χ1n) is 5.32. The third kappa shape index (κ3) is 1.75. The first-order chi connectivity index (χ1) is 7.24. The van der Waals surface area contributed by atoms with Crippen molar-refractivity contribution in [3.05, 3.63) is 34.9 Å². The molecule has 0 bridgehead atoms. The number of benzene rings is 1. The molecule has 1 aromatic rings. The van der Waals surface area contributed by atoms with Crippen molar-refractivity contribution in [3.8, 4) is 0 Å². The van der Waals surface area contributed by atoms with Crippen LogP contribution in [0.4, 0.5) is 0 Å². The minimum Gasteiger partial charge on any atom is -0.478 e. The van der Waals surface area contributed by atoms with Crippen LogP contribution in [0.1, 0.15) is 40.9 Å². The van der Waals surface area contributed by atoms with E-state index in [9.17, 15) is 4.79 Å². The standard InChI is InChI=1S/C12H15NO2/c1-2-11-9-4-3-5-10(12(14)15)8(9)6-7-13-11/h3-5,11,13H,2,6-7H2,1H3,(H,14,15)/t11-/m0/s1. The fourth-order valence-electron chi connectivity index (χ4n) is 2.26. The van der Waals surface area contributed by atoms with E-state index < -0.39 is 5.97 Å². The van der Waals surface area contributed by atoms with Crippen LogP contribution >= 0.6 is 0 Å². The molecule has 3 nitrogen and oxygen atoms in total. The van der Waals surface area contributed by atoms with Gasteiger partial charge in [0.1, 0.15) is 0 Å². The predicted octanol–water partition coefficient (Wildman–Crippen LogP) is 1.98. The molecule has 0 aliphatic carbocycles. The topological polar surface area (TPSA) is 49.3 Å². The zero-order chi connectivity index (χ0) is 10.8. The Labute approximate surface area is 89.1 Å². The molecule has 1 aliphatic rings. The van der Waals surface area contributed by atoms with Gasteiger partial charge in [0.05, 0.1) is 5.56 Å². The number of carboxylic acids is 1. The van der Waals surface area contributed by atoms with E-state index in [-0.39, 0.29) is 0 Å². The van der Waals surface area contributed by atoms with Crippen molar-refractivity contribution in [2.75, 3.05) is 6.54 Å². The molecule has 0 spiro atoms. The van der Waals surface area contributed by atoms with Gasteiger partial charge in [0.2, 0.25) is 0 Å². The lowest BCUT2D eigenvalue weighted by molar-refractivity contribution is 0.0695. The Bertz CT molecular complexity index is 387. The maximum atomic E-state index is 11.0. The Kier molecular flexibility index (Phi) is 2.73. The second-order valence-electron chi connectivity index (χ2n) is 3.84. The van der Waals surface area contributed by atoms with Crippen LogP contribution in [0.25, 0.3) is 0 Å². The van der Waals surface area contributed by atoms with Gasteiger partial charge in [-0.25, -0.2) is 4.79 Å². The number of nitrogens with one attached hydrogen (secondary N) is 1. The summed E-state index contributed by atoms with van der Waals surface area (Å²) in [6.45, 7) is 2.98. The molecule has 15 heavy (non-hydrogen) atoms. The van der Waals surface area contributed by atoms with Crippen LogP contribution in [0.15, 0.2) is 18.2 Å². The lowest BCUT2D eigenvalue weighted by Crippen LogP contribution is -2.30. The third-order valence-electron chi connectivity index (χ3n) is 2.99. The van der Waals surface area contributed by atoms with E-state index in [1.54, 1.807) is 6.07 Å². The number of hydrogen-bond acceptors (Lipinski definition) is 2. The van der Waals surface area contributed by atoms with Gasteiger partial charge < -0.3 is 10.4 Å². The second kappa shape index (κ2) is 4.03. The molecule has 3 heteroatoms. The fourth-order valence-corrected chi connectivity index (χ4v) is 2.26. The van der Waals surface area contributed by atoms with Crippen molar-refractivity contribution >= 4 is 5.97 Å². The monoisotopic (exact) mass is 205 g/mol. The molecule has 0 amide bonds. The summed E-state index contributed by atoms with van der Waals surface area (Å²) in [6, 6.07) is 5.87. The highest BCUT2D eigenvalue weighted by Gasteiger charge is 2.22. The van der Waals surface area contributed by atoms with Crippen molar-refractivity contribution < 1.29 is 9.90 Å². The molecular formula is C12H15NO2. The summed E-state index contributed by atoms with van der Waals surface area (Å²) >= 11 is 0. The summed E-state index contributed by atoms with van der Waals surface area (Å²) in [6.07, 6.45) is 1.81. The fraction of sp³-hybridized carbons (Fsp3) is 0.417. The van der Waals surface area contributed by atoms with Crippen LogP contribution in [-0.4, -0.2) is 17.6 Å². The van der Waals surface area contributed by atoms with Gasteiger partial charge in [-0.15, -0.1) is 0 Å². The number of hydrogen-bond donors (Lipinski definition) is 2. The zero-order valence-electron chi connectivity index (χ0n) is 8.79. The Morgan fingerprint density at radius 1 is 1.60 bits per heavy atom. The van der Waals surface area contributed by atoms with Gasteiger partial charge in [-0.3, -0.25) is 0 Å². The van der Waals surface area contributed by atoms with Gasteiger partial charge in [-0.05, 0) is 36.6 Å². The zero-order valence-corrected chi connectivity index (χ0v) is 8.79. The molecule has 0 radical (unpaired) electrons. The van der Waals surface area contributed by atoms with E-state index in [2.05, 4.69) is 12.2 Å². The molecule has 0 saturated heterocycles. The van der Waals surface area contributed by atoms with E-state index >= 15 is 0 Å². The van der Waals surface area contributed by atoms with E-state index in [0.29, 0.717) is 11.6 Å². The normalized spacial score (nSPS) is 19.7. The molecule has 0 fully saturated rings. The highest BCUT2D eigenvalue weighted by molar-refractivity contribution is 5.90. The van der Waals surface area contributed by atoms with Crippen LogP contribution in [0, 0.1) is 0 Å². The lowest BCUT2D eigenvalue weighted by atomic mass is 9.89. The van der Waals surface area contributed by atoms with Crippen molar-refractivity contribution in [1.29, 1.82) is 0 Å². The summed E-state index contributed by atoms with van der Waals surface area (Å²) < 4.78 is 0. The van der Waals surface area contributed by atoms with Gasteiger partial charge in [0.25, 0.3) is 0 Å². The summed E-state index contributed by atoms with van der Waals surface area (Å²) in [5.74, 6) is -0.816. The number of fused-ring (bicyclic) bond motifs is 1. The molecule has 80 valence electrons. The molecule has 1 atom stereocenters. The highest BCUT2D eigenvalue weighted by atomic mass is 16.4. The summed E-state index contributed by atoms with van der Waals surface area (Å²) in [5.41, 5.74) is 2.63. The third-order valence-corrected chi connectivity index (χ3v) is 2.99. The van der Waals surface area contributed by atoms with E-state index in [4.69, 9.17) is 5.11 Å². The number of rotatable bonds is 2. The number of aromatic carboxylic acids is 1. The lowest BCUT2D eigenvalue weighted by Gasteiger charge is -2.27. The molecular weight excluding hydrogens is 190 g/mol. The largest absolute Gasteiger partial charge is 0.478 e. The Balaban J connectivity index is 2.50. The maximum absolute atomic E-state index is 11.0. The van der Waals surface area contributed by atoms with Gasteiger partial charge in [0, 0.05) is 6.04 Å². The quantitative estimate of drug-likeness (QED) is 0.776. The summed E-state index contributed by atoms with van der Waals surface area (Å²) in [7, 11) is 0. The van der Waals surface area contributed by atoms with Gasteiger partial charge in [-0.2, -0.15) is 0 Å². The molecule has 0 aromatic heterocycles. The van der Waals surface area contributed by atoms with Crippen molar-refractivity contribution in [3.63, 3.8) is 0 Å². The molecule has 1 aliphatic heterocycles. The van der Waals surface area contributed by atoms with Gasteiger partial charge in [0.15, 0.2) is 0 Å². The van der Waals surface area contributed by atoms with Crippen LogP contribution in [0.3, 0.4) is 0 Å². The molecule has 1 heterocycles. The minimum atomic E-state index is -0.816. The van der Waals surface area contributed by atoms with Crippen LogP contribution in [0.5, 0.6) is 0 Å². The first kappa shape index (κ1) is 10.2. The summed E-state index contributed by atoms with van der Waals surface area (Å²) in [4.78, 5) is 11.0. The number of carbonyl (C=O) groups is 1. The van der Waals surface area contributed by atoms with Gasteiger partial charge in [-0.1, -0.05) is 19.1 Å².